The Morgan fingerprint density at radius 3 is 2.35 bits per heavy atom. The third kappa shape index (κ3) is 3.10. The van der Waals surface area contributed by atoms with Gasteiger partial charge in [0.1, 0.15) is 0 Å². The maximum atomic E-state index is 3.81. The van der Waals surface area contributed by atoms with Gasteiger partial charge in [-0.15, -0.1) is 11.3 Å². The maximum absolute atomic E-state index is 3.81. The summed E-state index contributed by atoms with van der Waals surface area (Å²) in [5, 5.41) is 6.06. The van der Waals surface area contributed by atoms with Gasteiger partial charge in [0.25, 0.3) is 0 Å². The fourth-order valence-corrected chi connectivity index (χ4v) is 4.86. The molecule has 3 heteroatoms. The first kappa shape index (κ1) is 16.0. The molecule has 1 aromatic rings. The zero-order chi connectivity index (χ0) is 14.6. The highest BCUT2D eigenvalue weighted by atomic mass is 32.1. The Bertz CT molecular complexity index is 403. The van der Waals surface area contributed by atoms with Crippen LogP contribution in [0.1, 0.15) is 61.9 Å². The van der Waals surface area contributed by atoms with Crippen LogP contribution < -0.4 is 5.32 Å². The lowest BCUT2D eigenvalue weighted by atomic mass is 9.79. The molecule has 1 saturated carbocycles. The van der Waals surface area contributed by atoms with Crippen LogP contribution in [0.4, 0.5) is 0 Å². The van der Waals surface area contributed by atoms with Crippen LogP contribution in [-0.2, 0) is 0 Å². The summed E-state index contributed by atoms with van der Waals surface area (Å²) in [6, 6.07) is 2.74. The van der Waals surface area contributed by atoms with E-state index in [4.69, 9.17) is 0 Å². The quantitative estimate of drug-likeness (QED) is 0.812. The molecule has 0 aromatic carbocycles. The van der Waals surface area contributed by atoms with E-state index in [1.807, 2.05) is 11.3 Å². The average molecular weight is 295 g/mol. The van der Waals surface area contributed by atoms with E-state index >= 15 is 0 Å². The van der Waals surface area contributed by atoms with Gasteiger partial charge < -0.3 is 10.2 Å². The molecule has 1 fully saturated rings. The van der Waals surface area contributed by atoms with Crippen molar-refractivity contribution < 1.29 is 0 Å². The predicted octanol–water partition coefficient (Wildman–Crippen LogP) is 4.36. The number of hydrogen-bond acceptors (Lipinski definition) is 3. The minimum atomic E-state index is 0.280. The van der Waals surface area contributed by atoms with Crippen LogP contribution in [0.5, 0.6) is 0 Å². The number of hydrogen-bond donors (Lipinski definition) is 1. The zero-order valence-electron chi connectivity index (χ0n) is 13.5. The molecule has 2 nitrogen and oxygen atoms in total. The number of rotatable bonds is 5. The second-order valence-electron chi connectivity index (χ2n) is 6.37. The van der Waals surface area contributed by atoms with E-state index in [2.05, 4.69) is 49.6 Å². The largest absolute Gasteiger partial charge is 0.308 e. The Hall–Kier alpha value is -0.380. The van der Waals surface area contributed by atoms with Crippen molar-refractivity contribution in [2.45, 2.75) is 64.0 Å². The van der Waals surface area contributed by atoms with Crippen molar-refractivity contribution in [3.63, 3.8) is 0 Å². The van der Waals surface area contributed by atoms with Gasteiger partial charge in [0.15, 0.2) is 0 Å². The smallest absolute Gasteiger partial charge is 0.0604 e. The van der Waals surface area contributed by atoms with Gasteiger partial charge >= 0.3 is 0 Å². The van der Waals surface area contributed by atoms with E-state index in [0.717, 1.165) is 6.54 Å². The van der Waals surface area contributed by atoms with Crippen molar-refractivity contribution in [1.82, 2.24) is 10.2 Å². The van der Waals surface area contributed by atoms with Crippen LogP contribution in [0.2, 0.25) is 0 Å². The minimum absolute atomic E-state index is 0.280. The molecule has 0 radical (unpaired) electrons. The predicted molar refractivity (Wildman–Crippen MR) is 89.6 cm³/mol. The van der Waals surface area contributed by atoms with Crippen molar-refractivity contribution in [1.29, 1.82) is 0 Å². The Morgan fingerprint density at radius 1 is 1.25 bits per heavy atom. The van der Waals surface area contributed by atoms with Crippen LogP contribution in [-0.4, -0.2) is 31.1 Å². The Morgan fingerprint density at radius 2 is 1.90 bits per heavy atom. The van der Waals surface area contributed by atoms with Gasteiger partial charge in [-0.2, -0.15) is 0 Å². The minimum Gasteiger partial charge on any atom is -0.308 e. The summed E-state index contributed by atoms with van der Waals surface area (Å²) >= 11 is 1.92. The van der Waals surface area contributed by atoms with Crippen molar-refractivity contribution in [3.8, 4) is 0 Å². The highest BCUT2D eigenvalue weighted by molar-refractivity contribution is 7.10. The highest BCUT2D eigenvalue weighted by Crippen LogP contribution is 2.43. The summed E-state index contributed by atoms with van der Waals surface area (Å²) in [5.74, 6) is 0. The molecule has 1 aliphatic rings. The lowest BCUT2D eigenvalue weighted by Gasteiger charge is -2.46. The van der Waals surface area contributed by atoms with Crippen LogP contribution >= 0.6 is 11.3 Å². The van der Waals surface area contributed by atoms with Crippen LogP contribution in [0.25, 0.3) is 0 Å². The summed E-state index contributed by atoms with van der Waals surface area (Å²) < 4.78 is 0. The molecule has 1 heterocycles. The normalized spacial score (nSPS) is 20.9. The average Bonchev–Trinajstić information content (AvgIpc) is 2.69. The number of thiophene rings is 1. The third-order valence-electron chi connectivity index (χ3n) is 4.97. The molecule has 0 spiro atoms. The van der Waals surface area contributed by atoms with Gasteiger partial charge in [0, 0.05) is 10.4 Å². The number of aryl methyl sites for hydroxylation is 1. The van der Waals surface area contributed by atoms with Crippen LogP contribution in [0.3, 0.4) is 0 Å². The van der Waals surface area contributed by atoms with E-state index in [-0.39, 0.29) is 5.54 Å². The molecule has 1 aromatic heterocycles. The van der Waals surface area contributed by atoms with Gasteiger partial charge in [0.05, 0.1) is 6.04 Å². The summed E-state index contributed by atoms with van der Waals surface area (Å²) in [6.45, 7) is 5.53. The first-order valence-corrected chi connectivity index (χ1v) is 8.94. The molecule has 1 aliphatic carbocycles. The second-order valence-corrected chi connectivity index (χ2v) is 7.32. The first-order valence-electron chi connectivity index (χ1n) is 8.06. The van der Waals surface area contributed by atoms with Crippen molar-refractivity contribution in [2.75, 3.05) is 20.6 Å². The molecule has 0 aliphatic heterocycles. The van der Waals surface area contributed by atoms with Gasteiger partial charge in [-0.25, -0.2) is 0 Å². The van der Waals surface area contributed by atoms with E-state index in [1.165, 1.54) is 44.1 Å². The summed E-state index contributed by atoms with van der Waals surface area (Å²) in [7, 11) is 4.55. The lowest BCUT2D eigenvalue weighted by Crippen LogP contribution is -2.53. The third-order valence-corrected chi connectivity index (χ3v) is 6.05. The van der Waals surface area contributed by atoms with Gasteiger partial charge in [0.2, 0.25) is 0 Å². The molecule has 1 unspecified atom stereocenters. The Balaban J connectivity index is 2.39. The molecule has 2 rings (SSSR count). The second kappa shape index (κ2) is 7.06. The monoisotopic (exact) mass is 294 g/mol. The lowest BCUT2D eigenvalue weighted by molar-refractivity contribution is 0.0819. The molecule has 1 N–H and O–H groups in total. The fraction of sp³-hybridized carbons (Fsp3) is 0.765. The molecule has 0 saturated heterocycles. The van der Waals surface area contributed by atoms with Crippen LogP contribution in [0.15, 0.2) is 11.4 Å². The standard InChI is InChI=1S/C17H30N2S/c1-5-18-16(15-14(2)10-13-20-15)17(19(3)4)11-8-6-7-9-12-17/h10,13,16,18H,5-9,11-12H2,1-4H3. The van der Waals surface area contributed by atoms with E-state index < -0.39 is 0 Å². The van der Waals surface area contributed by atoms with Crippen molar-refractivity contribution in [3.05, 3.63) is 21.9 Å². The molecular weight excluding hydrogens is 264 g/mol. The van der Waals surface area contributed by atoms with Crippen molar-refractivity contribution in [2.24, 2.45) is 0 Å². The summed E-state index contributed by atoms with van der Waals surface area (Å²) in [5.41, 5.74) is 1.73. The molecular formula is C17H30N2S. The van der Waals surface area contributed by atoms with Gasteiger partial charge in [-0.05, 0) is 57.4 Å². The Kier molecular flexibility index (Phi) is 5.65. The molecule has 0 bridgehead atoms. The topological polar surface area (TPSA) is 15.3 Å². The number of nitrogens with one attached hydrogen (secondary N) is 1. The Labute approximate surface area is 128 Å². The van der Waals surface area contributed by atoms with Crippen LogP contribution in [0, 0.1) is 6.92 Å². The molecule has 114 valence electrons. The number of likely N-dealkylation sites (N-methyl/N-ethyl adjacent to an activating group) is 2. The van der Waals surface area contributed by atoms with E-state index in [0.29, 0.717) is 6.04 Å². The summed E-state index contributed by atoms with van der Waals surface area (Å²) in [4.78, 5) is 4.05. The zero-order valence-corrected chi connectivity index (χ0v) is 14.4. The van der Waals surface area contributed by atoms with Crippen molar-refractivity contribution >= 4 is 11.3 Å². The van der Waals surface area contributed by atoms with Gasteiger partial charge in [-0.1, -0.05) is 32.6 Å². The molecule has 20 heavy (non-hydrogen) atoms. The highest BCUT2D eigenvalue weighted by Gasteiger charge is 2.42. The molecule has 1 atom stereocenters. The SMILES string of the molecule is CCNC(c1sccc1C)C1(N(C)C)CCCCCC1. The summed E-state index contributed by atoms with van der Waals surface area (Å²) in [6.07, 6.45) is 8.16. The first-order chi connectivity index (χ1) is 9.62. The van der Waals surface area contributed by atoms with E-state index in [1.54, 1.807) is 4.88 Å². The number of nitrogens with zero attached hydrogens (tertiary/aromatic N) is 1. The van der Waals surface area contributed by atoms with E-state index in [9.17, 15) is 0 Å². The van der Waals surface area contributed by atoms with Gasteiger partial charge in [-0.3, -0.25) is 0 Å². The maximum Gasteiger partial charge on any atom is 0.0604 e. The fourth-order valence-electron chi connectivity index (χ4n) is 3.75. The molecule has 0 amide bonds.